The van der Waals surface area contributed by atoms with Crippen molar-refractivity contribution in [1.82, 2.24) is 4.90 Å². The van der Waals surface area contributed by atoms with Crippen molar-refractivity contribution in [2.45, 2.75) is 25.4 Å². The smallest absolute Gasteiger partial charge is 0.246 e. The molecule has 0 spiro atoms. The molecule has 0 radical (unpaired) electrons. The number of aliphatic hydroxyl groups excluding tert-OH is 1. The molecule has 0 saturated carbocycles. The largest absolute Gasteiger partial charge is 0.383 e. The zero-order valence-corrected chi connectivity index (χ0v) is 11.8. The highest BCUT2D eigenvalue weighted by Crippen LogP contribution is 2.21. The maximum Gasteiger partial charge on any atom is 0.246 e. The zero-order valence-electron chi connectivity index (χ0n) is 11.8. The number of primary amides is 1. The summed E-state index contributed by atoms with van der Waals surface area (Å²) >= 11 is 0. The Bertz CT molecular complexity index is 502. The van der Waals surface area contributed by atoms with E-state index in [2.05, 4.69) is 4.90 Å². The minimum Gasteiger partial charge on any atom is -0.383 e. The molecular weight excluding hydrogens is 278 g/mol. The number of rotatable bonds is 5. The van der Waals surface area contributed by atoms with Crippen LogP contribution in [0.5, 0.6) is 0 Å². The van der Waals surface area contributed by atoms with Crippen LogP contribution in [0, 0.1) is 17.6 Å². The number of carbonyl (C=O) groups excluding carboxylic acids is 1. The number of amides is 1. The van der Waals surface area contributed by atoms with Crippen LogP contribution in [-0.4, -0.2) is 41.7 Å². The summed E-state index contributed by atoms with van der Waals surface area (Å²) in [5, 5.41) is 9.63. The van der Waals surface area contributed by atoms with Crippen LogP contribution >= 0.6 is 0 Å². The minimum atomic E-state index is -1.07. The summed E-state index contributed by atoms with van der Waals surface area (Å²) in [6, 6.07) is 3.95. The Morgan fingerprint density at radius 3 is 2.57 bits per heavy atom. The van der Waals surface area contributed by atoms with Gasteiger partial charge in [0.15, 0.2) is 11.6 Å². The van der Waals surface area contributed by atoms with Gasteiger partial charge in [-0.2, -0.15) is 0 Å². The van der Waals surface area contributed by atoms with E-state index >= 15 is 0 Å². The summed E-state index contributed by atoms with van der Waals surface area (Å²) in [6.07, 6.45) is 0.989. The molecular formula is C15H20F2N2O2. The van der Waals surface area contributed by atoms with Crippen molar-refractivity contribution in [1.29, 1.82) is 0 Å². The van der Waals surface area contributed by atoms with Gasteiger partial charge >= 0.3 is 0 Å². The molecule has 0 aliphatic carbocycles. The highest BCUT2D eigenvalue weighted by atomic mass is 19.2. The van der Waals surface area contributed by atoms with Gasteiger partial charge in [-0.15, -0.1) is 0 Å². The Balaban J connectivity index is 1.78. The summed E-state index contributed by atoms with van der Waals surface area (Å²) in [4.78, 5) is 13.1. The van der Waals surface area contributed by atoms with Crippen LogP contribution < -0.4 is 5.73 Å². The number of likely N-dealkylation sites (tertiary alicyclic amines) is 1. The number of benzene rings is 1. The van der Waals surface area contributed by atoms with E-state index in [0.717, 1.165) is 31.3 Å². The van der Waals surface area contributed by atoms with Crippen LogP contribution in [0.25, 0.3) is 0 Å². The average molecular weight is 298 g/mol. The van der Waals surface area contributed by atoms with Crippen molar-refractivity contribution in [3.8, 4) is 0 Å². The molecule has 1 amide bonds. The first-order chi connectivity index (χ1) is 9.97. The predicted octanol–water partition coefficient (Wildman–Crippen LogP) is 1.07. The second-order valence-corrected chi connectivity index (χ2v) is 5.52. The molecule has 1 aliphatic heterocycles. The lowest BCUT2D eigenvalue weighted by Gasteiger charge is -2.33. The maximum absolute atomic E-state index is 13.1. The summed E-state index contributed by atoms with van der Waals surface area (Å²) < 4.78 is 25.9. The molecule has 0 unspecified atom stereocenters. The summed E-state index contributed by atoms with van der Waals surface area (Å²) in [6.45, 7) is 2.27. The van der Waals surface area contributed by atoms with Crippen molar-refractivity contribution in [2.24, 2.45) is 11.7 Å². The average Bonchev–Trinajstić information content (AvgIpc) is 2.48. The molecule has 2 rings (SSSR count). The maximum atomic E-state index is 13.1. The van der Waals surface area contributed by atoms with Crippen molar-refractivity contribution in [3.63, 3.8) is 0 Å². The summed E-state index contributed by atoms with van der Waals surface area (Å²) in [5.74, 6) is -2.41. The third kappa shape index (κ3) is 4.22. The van der Waals surface area contributed by atoms with Crippen LogP contribution in [0.1, 0.15) is 18.4 Å². The quantitative estimate of drug-likeness (QED) is 0.854. The molecule has 21 heavy (non-hydrogen) atoms. The molecule has 1 heterocycles. The number of nitrogens with two attached hydrogens (primary N) is 1. The lowest BCUT2D eigenvalue weighted by Crippen LogP contribution is -2.43. The minimum absolute atomic E-state index is 0.0815. The van der Waals surface area contributed by atoms with E-state index in [1.807, 2.05) is 0 Å². The van der Waals surface area contributed by atoms with Crippen LogP contribution in [0.4, 0.5) is 8.78 Å². The Hall–Kier alpha value is -1.53. The molecule has 3 N–H and O–H groups in total. The highest BCUT2D eigenvalue weighted by molar-refractivity contribution is 5.78. The molecule has 1 atom stereocenters. The first kappa shape index (κ1) is 15.9. The standard InChI is InChI=1S/C15H20F2N2O2/c16-12-2-1-10(9-13(12)17)3-6-19-7-4-11(5-8-19)14(20)15(18)21/h1-2,9,11,14,20H,3-8H2,(H2,18,21)/t14-/m1/s1. The van der Waals surface area contributed by atoms with E-state index in [1.165, 1.54) is 6.07 Å². The van der Waals surface area contributed by atoms with Gasteiger partial charge < -0.3 is 15.7 Å². The molecule has 116 valence electrons. The second-order valence-electron chi connectivity index (χ2n) is 5.52. The normalized spacial score (nSPS) is 18.6. The highest BCUT2D eigenvalue weighted by Gasteiger charge is 2.28. The first-order valence-electron chi connectivity index (χ1n) is 7.11. The van der Waals surface area contributed by atoms with Gasteiger partial charge in [-0.3, -0.25) is 4.79 Å². The Morgan fingerprint density at radius 2 is 2.00 bits per heavy atom. The monoisotopic (exact) mass is 298 g/mol. The summed E-state index contributed by atoms with van der Waals surface area (Å²) in [5.41, 5.74) is 5.85. The molecule has 1 fully saturated rings. The third-order valence-electron chi connectivity index (χ3n) is 4.07. The van der Waals surface area contributed by atoms with E-state index in [0.29, 0.717) is 19.3 Å². The van der Waals surface area contributed by atoms with E-state index in [9.17, 15) is 18.7 Å². The fourth-order valence-electron chi connectivity index (χ4n) is 2.71. The van der Waals surface area contributed by atoms with Crippen molar-refractivity contribution >= 4 is 5.91 Å². The van der Waals surface area contributed by atoms with Crippen molar-refractivity contribution in [2.75, 3.05) is 19.6 Å². The molecule has 4 nitrogen and oxygen atoms in total. The van der Waals surface area contributed by atoms with Crippen LogP contribution in [0.15, 0.2) is 18.2 Å². The molecule has 1 aromatic rings. The Morgan fingerprint density at radius 1 is 1.33 bits per heavy atom. The van der Waals surface area contributed by atoms with Gasteiger partial charge in [0.2, 0.25) is 5.91 Å². The number of halogens is 2. The first-order valence-corrected chi connectivity index (χ1v) is 7.11. The number of hydrogen-bond donors (Lipinski definition) is 2. The predicted molar refractivity (Wildman–Crippen MR) is 74.4 cm³/mol. The van der Waals surface area contributed by atoms with E-state index in [1.54, 1.807) is 6.07 Å². The fraction of sp³-hybridized carbons (Fsp3) is 0.533. The van der Waals surface area contributed by atoms with Gasteiger partial charge in [-0.1, -0.05) is 6.07 Å². The Kier molecular flexibility index (Phi) is 5.25. The number of carbonyl (C=O) groups is 1. The molecule has 0 bridgehead atoms. The zero-order chi connectivity index (χ0) is 15.4. The molecule has 1 aliphatic rings. The fourth-order valence-corrected chi connectivity index (χ4v) is 2.71. The van der Waals surface area contributed by atoms with Crippen molar-refractivity contribution < 1.29 is 18.7 Å². The van der Waals surface area contributed by atoms with E-state index < -0.39 is 23.6 Å². The lowest BCUT2D eigenvalue weighted by molar-refractivity contribution is -0.129. The van der Waals surface area contributed by atoms with Gasteiger partial charge in [-0.05, 0) is 56.0 Å². The number of piperidine rings is 1. The molecule has 1 saturated heterocycles. The number of nitrogens with zero attached hydrogens (tertiary/aromatic N) is 1. The van der Waals surface area contributed by atoms with Crippen LogP contribution in [-0.2, 0) is 11.2 Å². The van der Waals surface area contributed by atoms with Gasteiger partial charge in [0, 0.05) is 6.54 Å². The number of aliphatic hydroxyl groups is 1. The second kappa shape index (κ2) is 6.95. The molecule has 0 aromatic heterocycles. The van der Waals surface area contributed by atoms with Gasteiger partial charge in [-0.25, -0.2) is 8.78 Å². The van der Waals surface area contributed by atoms with Crippen LogP contribution in [0.2, 0.25) is 0 Å². The van der Waals surface area contributed by atoms with E-state index in [-0.39, 0.29) is 5.92 Å². The SMILES string of the molecule is NC(=O)[C@H](O)C1CCN(CCc2ccc(F)c(F)c2)CC1. The Labute approximate surface area is 122 Å². The van der Waals surface area contributed by atoms with E-state index in [4.69, 9.17) is 5.73 Å². The van der Waals surface area contributed by atoms with Crippen LogP contribution in [0.3, 0.4) is 0 Å². The van der Waals surface area contributed by atoms with Gasteiger partial charge in [0.25, 0.3) is 0 Å². The van der Waals surface area contributed by atoms with Gasteiger partial charge in [0.05, 0.1) is 0 Å². The molecule has 1 aromatic carbocycles. The van der Waals surface area contributed by atoms with Gasteiger partial charge in [0.1, 0.15) is 6.10 Å². The van der Waals surface area contributed by atoms with Crippen molar-refractivity contribution in [3.05, 3.63) is 35.4 Å². The summed E-state index contributed by atoms with van der Waals surface area (Å²) in [7, 11) is 0. The topological polar surface area (TPSA) is 66.6 Å². The molecule has 6 heteroatoms. The lowest BCUT2D eigenvalue weighted by atomic mass is 9.91. The third-order valence-corrected chi connectivity index (χ3v) is 4.07. The number of hydrogen-bond acceptors (Lipinski definition) is 3.